The van der Waals surface area contributed by atoms with Gasteiger partial charge in [0.25, 0.3) is 0 Å². The molecule has 3 N–H and O–H groups in total. The van der Waals surface area contributed by atoms with Crippen LogP contribution in [0.5, 0.6) is 0 Å². The number of hydrogen-bond donors (Lipinski definition) is 2. The smallest absolute Gasteiger partial charge is 0.190 e. The maximum atomic E-state index is 10.4. The number of benzene rings is 1. The Bertz CT molecular complexity index is 733. The fourth-order valence-corrected chi connectivity index (χ4v) is 1.79. The lowest BCUT2D eigenvalue weighted by atomic mass is 10.2. The Morgan fingerprint density at radius 2 is 2.00 bits per heavy atom. The Morgan fingerprint density at radius 1 is 1.24 bits per heavy atom. The van der Waals surface area contributed by atoms with Crippen LogP contribution in [0.1, 0.15) is 16.1 Å². The Balaban J connectivity index is 0.000000161. The third kappa shape index (κ3) is 3.39. The van der Waals surface area contributed by atoms with Gasteiger partial charge in [-0.2, -0.15) is 0 Å². The topological polar surface area (TPSA) is 81.1 Å². The first-order chi connectivity index (χ1) is 10.2. The van der Waals surface area contributed by atoms with Gasteiger partial charge in [-0.25, -0.2) is 4.98 Å². The number of nitrogens with zero attached hydrogens (tertiary/aromatic N) is 1. The van der Waals surface area contributed by atoms with E-state index in [1.165, 1.54) is 5.56 Å². The SMILES string of the molecule is CNc1ccc(C)cn1.Nc1c(C=O)oc2ccccc12. The van der Waals surface area contributed by atoms with Crippen molar-refractivity contribution in [2.45, 2.75) is 6.92 Å². The molecular weight excluding hydrogens is 266 g/mol. The number of carbonyl (C=O) groups is 1. The van der Waals surface area contributed by atoms with Gasteiger partial charge >= 0.3 is 0 Å². The van der Waals surface area contributed by atoms with Gasteiger partial charge in [-0.15, -0.1) is 0 Å². The first kappa shape index (κ1) is 14.6. The summed E-state index contributed by atoms with van der Waals surface area (Å²) in [6.45, 7) is 2.02. The van der Waals surface area contributed by atoms with E-state index < -0.39 is 0 Å². The van der Waals surface area contributed by atoms with Crippen LogP contribution in [0.25, 0.3) is 11.0 Å². The summed E-state index contributed by atoms with van der Waals surface area (Å²) < 4.78 is 5.15. The second kappa shape index (κ2) is 6.56. The highest BCUT2D eigenvalue weighted by molar-refractivity contribution is 5.98. The second-order valence-electron chi connectivity index (χ2n) is 4.46. The molecule has 0 amide bonds. The van der Waals surface area contributed by atoms with E-state index in [9.17, 15) is 4.79 Å². The lowest BCUT2D eigenvalue weighted by Gasteiger charge is -1.96. The third-order valence-electron chi connectivity index (χ3n) is 2.94. The van der Waals surface area contributed by atoms with Crippen LogP contribution in [0.4, 0.5) is 11.5 Å². The molecule has 0 spiro atoms. The van der Waals surface area contributed by atoms with Crippen LogP contribution in [-0.2, 0) is 0 Å². The average Bonchev–Trinajstić information content (AvgIpc) is 2.85. The lowest BCUT2D eigenvalue weighted by Crippen LogP contribution is -1.90. The van der Waals surface area contributed by atoms with Gasteiger partial charge in [-0.3, -0.25) is 4.79 Å². The zero-order chi connectivity index (χ0) is 15.2. The van der Waals surface area contributed by atoms with Crippen LogP contribution in [0.2, 0.25) is 0 Å². The van der Waals surface area contributed by atoms with Crippen LogP contribution < -0.4 is 11.1 Å². The van der Waals surface area contributed by atoms with E-state index in [0.29, 0.717) is 17.6 Å². The largest absolute Gasteiger partial charge is 0.451 e. The van der Waals surface area contributed by atoms with E-state index in [1.54, 1.807) is 6.07 Å². The van der Waals surface area contributed by atoms with Crippen molar-refractivity contribution >= 4 is 28.8 Å². The van der Waals surface area contributed by atoms with Gasteiger partial charge in [-0.05, 0) is 30.7 Å². The average molecular weight is 283 g/mol. The normalized spacial score (nSPS) is 9.81. The molecule has 21 heavy (non-hydrogen) atoms. The first-order valence-electron chi connectivity index (χ1n) is 6.48. The van der Waals surface area contributed by atoms with Crippen molar-refractivity contribution in [3.63, 3.8) is 0 Å². The minimum Gasteiger partial charge on any atom is -0.451 e. The predicted octanol–water partition coefficient (Wildman–Crippen LogP) is 3.26. The van der Waals surface area contributed by atoms with Crippen molar-refractivity contribution in [3.8, 4) is 0 Å². The summed E-state index contributed by atoms with van der Waals surface area (Å²) in [4.78, 5) is 14.5. The van der Waals surface area contributed by atoms with Gasteiger partial charge in [0, 0.05) is 18.6 Å². The molecular formula is C16H17N3O2. The number of aldehydes is 1. The fraction of sp³-hybridized carbons (Fsp3) is 0.125. The number of nitrogens with one attached hydrogen (secondary N) is 1. The number of para-hydroxylation sites is 1. The summed E-state index contributed by atoms with van der Waals surface area (Å²) in [5, 5.41) is 3.73. The maximum Gasteiger partial charge on any atom is 0.190 e. The Hall–Kier alpha value is -2.82. The molecule has 0 atom stereocenters. The number of aromatic nitrogens is 1. The molecule has 2 heterocycles. The molecule has 5 nitrogen and oxygen atoms in total. The van der Waals surface area contributed by atoms with Crippen molar-refractivity contribution in [1.82, 2.24) is 4.98 Å². The molecule has 0 saturated carbocycles. The molecule has 0 fully saturated rings. The van der Waals surface area contributed by atoms with Crippen LogP contribution in [0.3, 0.4) is 0 Å². The minimum absolute atomic E-state index is 0.205. The molecule has 0 aliphatic rings. The Labute approximate surface area is 122 Å². The Kier molecular flexibility index (Phi) is 4.56. The van der Waals surface area contributed by atoms with Crippen LogP contribution in [-0.4, -0.2) is 18.3 Å². The molecule has 108 valence electrons. The molecule has 0 saturated heterocycles. The highest BCUT2D eigenvalue weighted by Gasteiger charge is 2.08. The van der Waals surface area contributed by atoms with Crippen molar-refractivity contribution in [2.75, 3.05) is 18.1 Å². The van der Waals surface area contributed by atoms with E-state index >= 15 is 0 Å². The summed E-state index contributed by atoms with van der Waals surface area (Å²) >= 11 is 0. The second-order valence-corrected chi connectivity index (χ2v) is 4.46. The van der Waals surface area contributed by atoms with E-state index in [1.807, 2.05) is 50.5 Å². The summed E-state index contributed by atoms with van der Waals surface area (Å²) in [6.07, 6.45) is 2.46. The summed E-state index contributed by atoms with van der Waals surface area (Å²) in [5.41, 5.74) is 7.88. The summed E-state index contributed by atoms with van der Waals surface area (Å²) in [6, 6.07) is 11.3. The fourth-order valence-electron chi connectivity index (χ4n) is 1.79. The van der Waals surface area contributed by atoms with E-state index in [-0.39, 0.29) is 5.76 Å². The summed E-state index contributed by atoms with van der Waals surface area (Å²) in [5.74, 6) is 1.12. The predicted molar refractivity (Wildman–Crippen MR) is 84.5 cm³/mol. The molecule has 5 heteroatoms. The molecule has 0 bridgehead atoms. The van der Waals surface area contributed by atoms with Gasteiger partial charge in [0.15, 0.2) is 12.0 Å². The van der Waals surface area contributed by atoms with Gasteiger partial charge in [0.2, 0.25) is 0 Å². The maximum absolute atomic E-state index is 10.4. The number of anilines is 2. The number of carbonyl (C=O) groups excluding carboxylic acids is 1. The van der Waals surface area contributed by atoms with Gasteiger partial charge in [0.1, 0.15) is 11.4 Å². The van der Waals surface area contributed by atoms with Crippen LogP contribution >= 0.6 is 0 Å². The van der Waals surface area contributed by atoms with Crippen molar-refractivity contribution in [1.29, 1.82) is 0 Å². The molecule has 0 unspecified atom stereocenters. The summed E-state index contributed by atoms with van der Waals surface area (Å²) in [7, 11) is 1.86. The standard InChI is InChI=1S/C9H7NO2.C7H10N2/c10-9-6-3-1-2-4-7(6)12-8(9)5-11;1-6-3-4-7(8-2)9-5-6/h1-5H,10H2;3-5H,1-2H3,(H,8,9). The monoisotopic (exact) mass is 283 g/mol. The van der Waals surface area contributed by atoms with Crippen molar-refractivity contribution in [3.05, 3.63) is 53.9 Å². The highest BCUT2D eigenvalue weighted by atomic mass is 16.3. The van der Waals surface area contributed by atoms with Gasteiger partial charge in [0.05, 0.1) is 5.69 Å². The van der Waals surface area contributed by atoms with E-state index in [0.717, 1.165) is 11.2 Å². The Morgan fingerprint density at radius 3 is 2.57 bits per heavy atom. The van der Waals surface area contributed by atoms with Crippen LogP contribution in [0, 0.1) is 6.92 Å². The van der Waals surface area contributed by atoms with Gasteiger partial charge in [-0.1, -0.05) is 18.2 Å². The van der Waals surface area contributed by atoms with Gasteiger partial charge < -0.3 is 15.5 Å². The number of nitrogen functional groups attached to an aromatic ring is 1. The number of nitrogens with two attached hydrogens (primary N) is 1. The first-order valence-corrected chi connectivity index (χ1v) is 6.48. The minimum atomic E-state index is 0.205. The highest BCUT2D eigenvalue weighted by Crippen LogP contribution is 2.26. The molecule has 0 aliphatic heterocycles. The number of rotatable bonds is 2. The molecule has 0 radical (unpaired) electrons. The number of pyridine rings is 1. The number of aryl methyl sites for hydroxylation is 1. The van der Waals surface area contributed by atoms with E-state index in [4.69, 9.17) is 10.2 Å². The molecule has 1 aromatic carbocycles. The third-order valence-corrected chi connectivity index (χ3v) is 2.94. The number of furan rings is 1. The number of fused-ring (bicyclic) bond motifs is 1. The van der Waals surface area contributed by atoms with Crippen molar-refractivity contribution in [2.24, 2.45) is 0 Å². The zero-order valence-electron chi connectivity index (χ0n) is 12.0. The van der Waals surface area contributed by atoms with E-state index in [2.05, 4.69) is 10.3 Å². The van der Waals surface area contributed by atoms with Crippen molar-refractivity contribution < 1.29 is 9.21 Å². The molecule has 3 rings (SSSR count). The lowest BCUT2D eigenvalue weighted by molar-refractivity contribution is 0.110. The quantitative estimate of drug-likeness (QED) is 0.705. The zero-order valence-corrected chi connectivity index (χ0v) is 12.0. The number of hydrogen-bond acceptors (Lipinski definition) is 5. The molecule has 0 aliphatic carbocycles. The molecule has 2 aromatic heterocycles. The van der Waals surface area contributed by atoms with Crippen LogP contribution in [0.15, 0.2) is 47.0 Å². The molecule has 3 aromatic rings.